The summed E-state index contributed by atoms with van der Waals surface area (Å²) in [5, 5.41) is 11.7. The van der Waals surface area contributed by atoms with E-state index < -0.39 is 0 Å². The Morgan fingerprint density at radius 3 is 2.39 bits per heavy atom. The molecule has 1 aliphatic heterocycles. The Kier molecular flexibility index (Phi) is 3.75. The van der Waals surface area contributed by atoms with Crippen LogP contribution in [0.3, 0.4) is 0 Å². The molecule has 0 radical (unpaired) electrons. The monoisotopic (exact) mass is 254 g/mol. The molecule has 3 atom stereocenters. The van der Waals surface area contributed by atoms with Gasteiger partial charge in [-0.1, -0.05) is 12.1 Å². The lowest BCUT2D eigenvalue weighted by molar-refractivity contribution is -0.134. The van der Waals surface area contributed by atoms with Crippen LogP contribution in [0.4, 0.5) is 0 Å². The molecule has 0 bridgehead atoms. The number of nitrogens with zero attached hydrogens (tertiary/aromatic N) is 3. The number of hydrogen-bond donors (Lipinski definition) is 2. The van der Waals surface area contributed by atoms with Gasteiger partial charge in [0.1, 0.15) is 0 Å². The molecule has 3 N–H and O–H groups in total. The highest BCUT2D eigenvalue weighted by molar-refractivity contribution is 5.85. The zero-order valence-electron chi connectivity index (χ0n) is 11.0. The summed E-state index contributed by atoms with van der Waals surface area (Å²) in [5.41, 5.74) is 5.60. The second-order valence-electron chi connectivity index (χ2n) is 5.38. The summed E-state index contributed by atoms with van der Waals surface area (Å²) in [6, 6.07) is -0.0768. The van der Waals surface area contributed by atoms with Gasteiger partial charge < -0.3 is 15.8 Å². The van der Waals surface area contributed by atoms with Crippen LogP contribution in [0.2, 0.25) is 0 Å². The molecule has 1 aliphatic carbocycles. The molecule has 1 amide bonds. The van der Waals surface area contributed by atoms with E-state index in [2.05, 4.69) is 17.0 Å². The fourth-order valence-corrected chi connectivity index (χ4v) is 2.50. The maximum absolute atomic E-state index is 12.1. The largest absolute Gasteiger partial charge is 0.409 e. The van der Waals surface area contributed by atoms with E-state index in [4.69, 9.17) is 10.9 Å². The Labute approximate surface area is 107 Å². The fourth-order valence-electron chi connectivity index (χ4n) is 2.50. The van der Waals surface area contributed by atoms with Crippen molar-refractivity contribution in [1.29, 1.82) is 0 Å². The van der Waals surface area contributed by atoms with E-state index in [0.29, 0.717) is 11.8 Å². The Balaban J connectivity index is 1.82. The van der Waals surface area contributed by atoms with Crippen molar-refractivity contribution >= 4 is 11.7 Å². The maximum atomic E-state index is 12.1. The van der Waals surface area contributed by atoms with E-state index in [1.54, 1.807) is 0 Å². The quantitative estimate of drug-likeness (QED) is 0.319. The van der Waals surface area contributed by atoms with Crippen LogP contribution in [0.25, 0.3) is 0 Å². The van der Waals surface area contributed by atoms with Crippen LogP contribution >= 0.6 is 0 Å². The minimum absolute atomic E-state index is 0.0768. The molecular weight excluding hydrogens is 232 g/mol. The number of nitrogens with two attached hydrogens (primary N) is 1. The van der Waals surface area contributed by atoms with Gasteiger partial charge in [-0.3, -0.25) is 9.69 Å². The van der Waals surface area contributed by atoms with Gasteiger partial charge >= 0.3 is 0 Å². The lowest BCUT2D eigenvalue weighted by Gasteiger charge is -2.37. The second-order valence-corrected chi connectivity index (χ2v) is 5.38. The van der Waals surface area contributed by atoms with Gasteiger partial charge in [-0.15, -0.1) is 0 Å². The third-order valence-electron chi connectivity index (χ3n) is 4.14. The lowest BCUT2D eigenvalue weighted by Crippen LogP contribution is -2.54. The highest BCUT2D eigenvalue weighted by Gasteiger charge is 2.42. The average Bonchev–Trinajstić information content (AvgIpc) is 3.13. The summed E-state index contributed by atoms with van der Waals surface area (Å²) < 4.78 is 0. The van der Waals surface area contributed by atoms with Crippen LogP contribution in [0.1, 0.15) is 20.3 Å². The van der Waals surface area contributed by atoms with E-state index in [-0.39, 0.29) is 17.8 Å². The molecule has 102 valence electrons. The number of oxime groups is 1. The van der Waals surface area contributed by atoms with Crippen molar-refractivity contribution in [3.63, 3.8) is 0 Å². The molecule has 6 heteroatoms. The summed E-state index contributed by atoms with van der Waals surface area (Å²) in [5.74, 6) is 1.36. The summed E-state index contributed by atoms with van der Waals surface area (Å²) in [7, 11) is 0. The molecule has 0 aromatic carbocycles. The molecule has 2 rings (SSSR count). The van der Waals surface area contributed by atoms with Crippen LogP contribution in [-0.2, 0) is 4.79 Å². The third kappa shape index (κ3) is 2.58. The lowest BCUT2D eigenvalue weighted by atomic mass is 10.2. The smallest absolute Gasteiger partial charge is 0.226 e. The van der Waals surface area contributed by atoms with E-state index in [1.165, 1.54) is 0 Å². The van der Waals surface area contributed by atoms with E-state index in [1.807, 2.05) is 11.8 Å². The van der Waals surface area contributed by atoms with Crippen molar-refractivity contribution in [1.82, 2.24) is 9.80 Å². The molecule has 1 heterocycles. The standard InChI is InChI=1S/C12H22N4O2/c1-8-7-10(8)12(17)16-5-3-15(4-6-16)9(2)11(13)14-18/h8-10,18H,3-7H2,1-2H3,(H2,13,14). The van der Waals surface area contributed by atoms with E-state index >= 15 is 0 Å². The predicted molar refractivity (Wildman–Crippen MR) is 68.3 cm³/mol. The van der Waals surface area contributed by atoms with E-state index in [0.717, 1.165) is 32.6 Å². The molecule has 0 aromatic rings. The molecule has 0 aromatic heterocycles. The van der Waals surface area contributed by atoms with Crippen LogP contribution in [0.5, 0.6) is 0 Å². The number of amides is 1. The van der Waals surface area contributed by atoms with Crippen molar-refractivity contribution in [2.24, 2.45) is 22.7 Å². The molecular formula is C12H22N4O2. The normalized spacial score (nSPS) is 31.2. The summed E-state index contributed by atoms with van der Waals surface area (Å²) in [6.07, 6.45) is 1.04. The number of rotatable bonds is 3. The predicted octanol–water partition coefficient (Wildman–Crippen LogP) is -0.0785. The fraction of sp³-hybridized carbons (Fsp3) is 0.833. The molecule has 6 nitrogen and oxygen atoms in total. The first-order chi connectivity index (χ1) is 8.54. The number of carbonyl (C=O) groups excluding carboxylic acids is 1. The van der Waals surface area contributed by atoms with Crippen molar-refractivity contribution in [3.8, 4) is 0 Å². The molecule has 18 heavy (non-hydrogen) atoms. The Bertz CT molecular complexity index is 350. The number of amidine groups is 1. The first-order valence-electron chi connectivity index (χ1n) is 6.55. The zero-order chi connectivity index (χ0) is 13.3. The molecule has 2 fully saturated rings. The van der Waals surface area contributed by atoms with Gasteiger partial charge in [0.25, 0.3) is 0 Å². The highest BCUT2D eigenvalue weighted by Crippen LogP contribution is 2.39. The van der Waals surface area contributed by atoms with Crippen molar-refractivity contribution < 1.29 is 10.0 Å². The van der Waals surface area contributed by atoms with Gasteiger partial charge in [0.2, 0.25) is 5.91 Å². The van der Waals surface area contributed by atoms with Gasteiger partial charge in [-0.2, -0.15) is 0 Å². The third-order valence-corrected chi connectivity index (χ3v) is 4.14. The Morgan fingerprint density at radius 1 is 1.39 bits per heavy atom. The minimum atomic E-state index is -0.0768. The first-order valence-corrected chi connectivity index (χ1v) is 6.55. The number of hydrogen-bond acceptors (Lipinski definition) is 4. The average molecular weight is 254 g/mol. The molecule has 1 saturated heterocycles. The first kappa shape index (κ1) is 13.1. The Hall–Kier alpha value is -1.30. The van der Waals surface area contributed by atoms with Gasteiger partial charge in [-0.05, 0) is 19.3 Å². The summed E-state index contributed by atoms with van der Waals surface area (Å²) in [6.45, 7) is 7.08. The van der Waals surface area contributed by atoms with Gasteiger partial charge in [0.15, 0.2) is 5.84 Å². The molecule has 1 saturated carbocycles. The van der Waals surface area contributed by atoms with Crippen LogP contribution in [0.15, 0.2) is 5.16 Å². The van der Waals surface area contributed by atoms with E-state index in [9.17, 15) is 4.79 Å². The summed E-state index contributed by atoms with van der Waals surface area (Å²) in [4.78, 5) is 16.1. The topological polar surface area (TPSA) is 82.2 Å². The molecule has 2 aliphatic rings. The van der Waals surface area contributed by atoms with Crippen molar-refractivity contribution in [2.45, 2.75) is 26.3 Å². The van der Waals surface area contributed by atoms with Crippen molar-refractivity contribution in [3.05, 3.63) is 0 Å². The van der Waals surface area contributed by atoms with Gasteiger partial charge in [-0.25, -0.2) is 0 Å². The Morgan fingerprint density at radius 2 is 1.94 bits per heavy atom. The maximum Gasteiger partial charge on any atom is 0.226 e. The number of piperazine rings is 1. The van der Waals surface area contributed by atoms with Crippen LogP contribution < -0.4 is 5.73 Å². The highest BCUT2D eigenvalue weighted by atomic mass is 16.4. The summed E-state index contributed by atoms with van der Waals surface area (Å²) >= 11 is 0. The van der Waals surface area contributed by atoms with Crippen molar-refractivity contribution in [2.75, 3.05) is 26.2 Å². The van der Waals surface area contributed by atoms with Crippen LogP contribution in [0, 0.1) is 11.8 Å². The zero-order valence-corrected chi connectivity index (χ0v) is 11.0. The SMILES string of the molecule is CC1CC1C(=O)N1CCN(C(C)C(N)=NO)CC1. The molecule has 0 spiro atoms. The minimum Gasteiger partial charge on any atom is -0.409 e. The second kappa shape index (κ2) is 5.14. The number of carbonyl (C=O) groups is 1. The van der Waals surface area contributed by atoms with Gasteiger partial charge in [0.05, 0.1) is 6.04 Å². The molecule has 3 unspecified atom stereocenters. The van der Waals surface area contributed by atoms with Crippen LogP contribution in [-0.4, -0.2) is 59.0 Å². The van der Waals surface area contributed by atoms with Gasteiger partial charge in [0, 0.05) is 32.1 Å².